The van der Waals surface area contributed by atoms with Crippen LogP contribution in [0.3, 0.4) is 0 Å². The molecule has 0 saturated heterocycles. The lowest BCUT2D eigenvalue weighted by molar-refractivity contribution is -0.152. The van der Waals surface area contributed by atoms with Crippen molar-refractivity contribution in [2.24, 2.45) is 10.8 Å². The Hall–Kier alpha value is -1.06. The first kappa shape index (κ1) is 15.9. The van der Waals surface area contributed by atoms with Gasteiger partial charge < -0.3 is 10.1 Å². The first-order chi connectivity index (χ1) is 7.44. The number of carbonyl (C=O) groups is 2. The highest BCUT2D eigenvalue weighted by Crippen LogP contribution is 2.22. The molecule has 0 aromatic carbocycles. The summed E-state index contributed by atoms with van der Waals surface area (Å²) in [6, 6.07) is 0. The molecule has 1 amide bonds. The molecule has 0 heterocycles. The molecule has 0 aliphatic carbocycles. The number of carbonyl (C=O) groups excluding carboxylic acids is 2. The molecule has 0 aliphatic rings. The maximum Gasteiger partial charge on any atom is 0.302 e. The molecule has 1 atom stereocenters. The third-order valence-electron chi connectivity index (χ3n) is 2.40. The first-order valence-electron chi connectivity index (χ1n) is 5.90. The third-order valence-corrected chi connectivity index (χ3v) is 2.40. The summed E-state index contributed by atoms with van der Waals surface area (Å²) in [4.78, 5) is 22.7. The minimum atomic E-state index is -0.432. The van der Waals surface area contributed by atoms with Crippen molar-refractivity contribution in [3.63, 3.8) is 0 Å². The van der Waals surface area contributed by atoms with Crippen molar-refractivity contribution in [1.82, 2.24) is 5.32 Å². The summed E-state index contributed by atoms with van der Waals surface area (Å²) in [6.07, 6.45) is -0.314. The van der Waals surface area contributed by atoms with E-state index >= 15 is 0 Å². The molecule has 0 fully saturated rings. The van der Waals surface area contributed by atoms with Crippen molar-refractivity contribution in [2.75, 3.05) is 6.54 Å². The largest absolute Gasteiger partial charge is 0.460 e. The van der Waals surface area contributed by atoms with Gasteiger partial charge in [0.2, 0.25) is 5.91 Å². The molecule has 4 nitrogen and oxygen atoms in total. The van der Waals surface area contributed by atoms with E-state index < -0.39 is 5.41 Å². The number of hydrogen-bond donors (Lipinski definition) is 1. The number of amides is 1. The summed E-state index contributed by atoms with van der Waals surface area (Å²) in [5.74, 6) is -0.367. The maximum atomic E-state index is 11.7. The Morgan fingerprint density at radius 2 is 1.59 bits per heavy atom. The summed E-state index contributed by atoms with van der Waals surface area (Å²) >= 11 is 0. The van der Waals surface area contributed by atoms with Crippen molar-refractivity contribution < 1.29 is 14.3 Å². The molecule has 0 aromatic rings. The highest BCUT2D eigenvalue weighted by Gasteiger charge is 2.29. The van der Waals surface area contributed by atoms with Gasteiger partial charge in [-0.15, -0.1) is 0 Å². The Morgan fingerprint density at radius 1 is 1.12 bits per heavy atom. The Labute approximate surface area is 104 Å². The van der Waals surface area contributed by atoms with E-state index in [4.69, 9.17) is 4.74 Å². The zero-order valence-electron chi connectivity index (χ0n) is 12.0. The molecule has 0 saturated carbocycles. The monoisotopic (exact) mass is 243 g/mol. The van der Waals surface area contributed by atoms with Crippen LogP contribution in [0.2, 0.25) is 0 Å². The molecule has 17 heavy (non-hydrogen) atoms. The fourth-order valence-corrected chi connectivity index (χ4v) is 1.18. The Kier molecular flexibility index (Phi) is 5.17. The van der Waals surface area contributed by atoms with Gasteiger partial charge in [0.25, 0.3) is 0 Å². The third kappa shape index (κ3) is 6.29. The molecule has 0 bridgehead atoms. The van der Waals surface area contributed by atoms with Crippen molar-refractivity contribution in [1.29, 1.82) is 0 Å². The van der Waals surface area contributed by atoms with Crippen LogP contribution in [0.5, 0.6) is 0 Å². The van der Waals surface area contributed by atoms with Gasteiger partial charge in [0.1, 0.15) is 6.10 Å². The molecule has 0 aromatic heterocycles. The van der Waals surface area contributed by atoms with Gasteiger partial charge in [-0.1, -0.05) is 41.5 Å². The molecule has 1 unspecified atom stereocenters. The lowest BCUT2D eigenvalue weighted by Crippen LogP contribution is -2.45. The van der Waals surface area contributed by atoms with Crippen LogP contribution in [0.15, 0.2) is 0 Å². The Balaban J connectivity index is 4.48. The smallest absolute Gasteiger partial charge is 0.302 e. The summed E-state index contributed by atoms with van der Waals surface area (Å²) < 4.78 is 5.22. The van der Waals surface area contributed by atoms with Crippen LogP contribution in [-0.2, 0) is 14.3 Å². The average molecular weight is 243 g/mol. The zero-order valence-corrected chi connectivity index (χ0v) is 12.0. The Morgan fingerprint density at radius 3 is 1.88 bits per heavy atom. The van der Waals surface area contributed by atoms with E-state index in [1.54, 1.807) is 0 Å². The standard InChI is InChI=1S/C13H25NO3/c1-9(15)17-10(12(2,3)4)8-14-11(16)13(5,6)7/h10H,8H2,1-7H3,(H,14,16). The summed E-state index contributed by atoms with van der Waals surface area (Å²) in [5.41, 5.74) is -0.629. The normalized spacial score (nSPS) is 14.1. The van der Waals surface area contributed by atoms with Crippen LogP contribution in [0.25, 0.3) is 0 Å². The van der Waals surface area contributed by atoms with Gasteiger partial charge >= 0.3 is 5.97 Å². The van der Waals surface area contributed by atoms with Gasteiger partial charge in [0.15, 0.2) is 0 Å². The quantitative estimate of drug-likeness (QED) is 0.772. The van der Waals surface area contributed by atoms with Gasteiger partial charge in [-0.25, -0.2) is 0 Å². The summed E-state index contributed by atoms with van der Waals surface area (Å²) in [5, 5.41) is 2.82. The van der Waals surface area contributed by atoms with Gasteiger partial charge in [0.05, 0.1) is 6.54 Å². The van der Waals surface area contributed by atoms with Gasteiger partial charge in [0, 0.05) is 17.8 Å². The van der Waals surface area contributed by atoms with Crippen LogP contribution in [0.4, 0.5) is 0 Å². The van der Waals surface area contributed by atoms with Crippen molar-refractivity contribution >= 4 is 11.9 Å². The fourth-order valence-electron chi connectivity index (χ4n) is 1.18. The van der Waals surface area contributed by atoms with E-state index in [9.17, 15) is 9.59 Å². The lowest BCUT2D eigenvalue weighted by atomic mass is 9.88. The number of esters is 1. The van der Waals surface area contributed by atoms with E-state index in [2.05, 4.69) is 5.32 Å². The summed E-state index contributed by atoms with van der Waals surface area (Å²) in [7, 11) is 0. The molecular weight excluding hydrogens is 218 g/mol. The zero-order chi connectivity index (χ0) is 13.9. The van der Waals surface area contributed by atoms with Crippen LogP contribution >= 0.6 is 0 Å². The second kappa shape index (κ2) is 5.52. The van der Waals surface area contributed by atoms with Crippen molar-refractivity contribution in [2.45, 2.75) is 54.6 Å². The highest BCUT2D eigenvalue weighted by molar-refractivity contribution is 5.81. The molecule has 0 radical (unpaired) electrons. The lowest BCUT2D eigenvalue weighted by Gasteiger charge is -2.31. The second-order valence-corrected chi connectivity index (χ2v) is 6.42. The van der Waals surface area contributed by atoms with Gasteiger partial charge in [-0.3, -0.25) is 9.59 Å². The van der Waals surface area contributed by atoms with E-state index in [1.165, 1.54) is 6.92 Å². The van der Waals surface area contributed by atoms with Crippen LogP contribution in [0.1, 0.15) is 48.5 Å². The molecule has 0 spiro atoms. The van der Waals surface area contributed by atoms with Crippen molar-refractivity contribution in [3.05, 3.63) is 0 Å². The SMILES string of the molecule is CC(=O)OC(CNC(=O)C(C)(C)C)C(C)(C)C. The van der Waals surface area contributed by atoms with E-state index in [0.29, 0.717) is 6.54 Å². The minimum absolute atomic E-state index is 0.0427. The van der Waals surface area contributed by atoms with E-state index in [-0.39, 0.29) is 23.4 Å². The highest BCUT2D eigenvalue weighted by atomic mass is 16.5. The van der Waals surface area contributed by atoms with Crippen LogP contribution < -0.4 is 5.32 Å². The van der Waals surface area contributed by atoms with E-state index in [0.717, 1.165) is 0 Å². The van der Waals surface area contributed by atoms with Gasteiger partial charge in [-0.2, -0.15) is 0 Å². The summed E-state index contributed by atoms with van der Waals surface area (Å²) in [6.45, 7) is 13.2. The predicted octanol–water partition coefficient (Wildman–Crippen LogP) is 2.13. The average Bonchev–Trinajstić information content (AvgIpc) is 2.07. The predicted molar refractivity (Wildman–Crippen MR) is 67.5 cm³/mol. The number of hydrogen-bond acceptors (Lipinski definition) is 3. The van der Waals surface area contributed by atoms with E-state index in [1.807, 2.05) is 41.5 Å². The molecule has 0 aliphatic heterocycles. The topological polar surface area (TPSA) is 55.4 Å². The van der Waals surface area contributed by atoms with Crippen LogP contribution in [-0.4, -0.2) is 24.5 Å². The van der Waals surface area contributed by atoms with Gasteiger partial charge in [-0.05, 0) is 0 Å². The fraction of sp³-hybridized carbons (Fsp3) is 0.846. The number of nitrogens with one attached hydrogen (secondary N) is 1. The second-order valence-electron chi connectivity index (χ2n) is 6.42. The maximum absolute atomic E-state index is 11.7. The Bertz CT molecular complexity index is 284. The molecule has 100 valence electrons. The molecule has 0 rings (SSSR count). The number of ether oxygens (including phenoxy) is 1. The molecular formula is C13H25NO3. The number of rotatable bonds is 3. The molecule has 4 heteroatoms. The van der Waals surface area contributed by atoms with Crippen LogP contribution in [0, 0.1) is 10.8 Å². The minimum Gasteiger partial charge on any atom is -0.460 e. The first-order valence-corrected chi connectivity index (χ1v) is 5.90. The molecule has 1 N–H and O–H groups in total. The van der Waals surface area contributed by atoms with Crippen molar-refractivity contribution in [3.8, 4) is 0 Å².